The predicted molar refractivity (Wildman–Crippen MR) is 122 cm³/mol. The molecule has 0 spiro atoms. The lowest BCUT2D eigenvalue weighted by Gasteiger charge is -2.12. The second kappa shape index (κ2) is 6.95. The van der Waals surface area contributed by atoms with Crippen LogP contribution in [0.5, 0.6) is 0 Å². The van der Waals surface area contributed by atoms with Crippen molar-refractivity contribution < 1.29 is 0 Å². The average molecular weight is 426 g/mol. The molecular weight excluding hydrogens is 406 g/mol. The molecule has 0 aliphatic heterocycles. The third-order valence-electron chi connectivity index (χ3n) is 5.67. The fraction of sp³-hybridized carbons (Fsp3) is 0.174. The Morgan fingerprint density at radius 3 is 2.74 bits per heavy atom. The molecule has 0 fully saturated rings. The summed E-state index contributed by atoms with van der Waals surface area (Å²) >= 11 is 1.53. The van der Waals surface area contributed by atoms with E-state index in [0.29, 0.717) is 5.82 Å². The van der Waals surface area contributed by atoms with Crippen LogP contribution in [0.4, 0.5) is 5.82 Å². The Balaban J connectivity index is 1.64. The van der Waals surface area contributed by atoms with E-state index in [4.69, 9.17) is 15.7 Å². The van der Waals surface area contributed by atoms with Gasteiger partial charge in [-0.15, -0.1) is 10.2 Å². The Morgan fingerprint density at radius 1 is 1.00 bits per heavy atom. The average Bonchev–Trinajstić information content (AvgIpc) is 3.50. The van der Waals surface area contributed by atoms with Crippen molar-refractivity contribution in [3.63, 3.8) is 0 Å². The zero-order valence-corrected chi connectivity index (χ0v) is 17.7. The summed E-state index contributed by atoms with van der Waals surface area (Å²) in [5.74, 6) is 1.18. The van der Waals surface area contributed by atoms with Crippen molar-refractivity contribution in [2.75, 3.05) is 5.73 Å². The summed E-state index contributed by atoms with van der Waals surface area (Å²) in [5, 5.41) is 10.1. The largest absolute Gasteiger partial charge is 0.383 e. The molecule has 0 atom stereocenters. The highest BCUT2D eigenvalue weighted by Gasteiger charge is 2.20. The first kappa shape index (κ1) is 18.1. The molecule has 1 aromatic carbocycles. The van der Waals surface area contributed by atoms with Crippen molar-refractivity contribution in [1.29, 1.82) is 0 Å². The molecule has 7 nitrogen and oxygen atoms in total. The molecule has 1 aliphatic carbocycles. The minimum absolute atomic E-state index is 0.445. The maximum absolute atomic E-state index is 6.23. The number of aryl methyl sites for hydroxylation is 3. The first-order valence-corrected chi connectivity index (χ1v) is 11.0. The lowest BCUT2D eigenvalue weighted by Crippen LogP contribution is -2.03. The first-order valence-electron chi connectivity index (χ1n) is 10.2. The van der Waals surface area contributed by atoms with Crippen LogP contribution in [0.1, 0.15) is 22.6 Å². The summed E-state index contributed by atoms with van der Waals surface area (Å²) in [6.45, 7) is 1.94. The Morgan fingerprint density at radius 2 is 1.90 bits per heavy atom. The zero-order chi connectivity index (χ0) is 20.9. The van der Waals surface area contributed by atoms with Crippen molar-refractivity contribution >= 4 is 28.3 Å². The molecule has 0 unspecified atom stereocenters. The van der Waals surface area contributed by atoms with Gasteiger partial charge in [-0.1, -0.05) is 17.4 Å². The van der Waals surface area contributed by atoms with Crippen LogP contribution >= 0.6 is 11.3 Å². The van der Waals surface area contributed by atoms with E-state index in [0.717, 1.165) is 56.8 Å². The van der Waals surface area contributed by atoms with Gasteiger partial charge in [0, 0.05) is 11.9 Å². The molecule has 4 aromatic heterocycles. The molecule has 0 saturated heterocycles. The molecule has 31 heavy (non-hydrogen) atoms. The number of hydrogen-bond donors (Lipinski definition) is 1. The third kappa shape index (κ3) is 2.98. The molecule has 4 heterocycles. The standard InChI is InChI=1S/C23H19N7S/c1-13-28-29-23(31-13)19-10-9-18-22(27-19)30(16-8-7-14-4-2-5-15(14)12-16)21(26-18)17-6-3-11-25-20(17)24/h3,6-12H,2,4-5H2,1H3,(H2,24,25). The molecule has 6 rings (SSSR count). The number of aromatic nitrogens is 6. The molecule has 0 radical (unpaired) electrons. The lowest BCUT2D eigenvalue weighted by molar-refractivity contribution is 0.911. The topological polar surface area (TPSA) is 95.4 Å². The Hall–Kier alpha value is -3.65. The number of hydrogen-bond acceptors (Lipinski definition) is 7. The summed E-state index contributed by atoms with van der Waals surface area (Å²) in [4.78, 5) is 14.1. The van der Waals surface area contributed by atoms with E-state index in [1.54, 1.807) is 6.20 Å². The van der Waals surface area contributed by atoms with Crippen LogP contribution in [0, 0.1) is 6.92 Å². The normalized spacial score (nSPS) is 13.1. The highest BCUT2D eigenvalue weighted by atomic mass is 32.1. The van der Waals surface area contributed by atoms with E-state index in [2.05, 4.69) is 37.9 Å². The summed E-state index contributed by atoms with van der Waals surface area (Å²) in [6, 6.07) is 14.4. The number of benzene rings is 1. The number of nitrogen functional groups attached to an aromatic ring is 1. The summed E-state index contributed by atoms with van der Waals surface area (Å²) in [6.07, 6.45) is 5.13. The van der Waals surface area contributed by atoms with Gasteiger partial charge in [-0.25, -0.2) is 15.0 Å². The van der Waals surface area contributed by atoms with Crippen LogP contribution in [-0.4, -0.2) is 29.7 Å². The second-order valence-electron chi connectivity index (χ2n) is 7.68. The third-order valence-corrected chi connectivity index (χ3v) is 6.53. The highest BCUT2D eigenvalue weighted by Crippen LogP contribution is 2.33. The summed E-state index contributed by atoms with van der Waals surface area (Å²) < 4.78 is 2.08. The Bertz CT molecular complexity index is 1450. The molecule has 0 bridgehead atoms. The fourth-order valence-electron chi connectivity index (χ4n) is 4.21. The predicted octanol–water partition coefficient (Wildman–Crippen LogP) is 4.38. The van der Waals surface area contributed by atoms with Crippen LogP contribution in [-0.2, 0) is 12.8 Å². The SMILES string of the molecule is Cc1nnc(-c2ccc3nc(-c4cccnc4N)n(-c4ccc5c(c4)CCC5)c3n2)s1. The van der Waals surface area contributed by atoms with Crippen LogP contribution in [0.3, 0.4) is 0 Å². The molecule has 8 heteroatoms. The van der Waals surface area contributed by atoms with Gasteiger partial charge in [0.1, 0.15) is 22.0 Å². The van der Waals surface area contributed by atoms with Crippen molar-refractivity contribution in [2.24, 2.45) is 0 Å². The Labute approximate surface area is 182 Å². The number of fused-ring (bicyclic) bond motifs is 2. The Kier molecular flexibility index (Phi) is 4.07. The van der Waals surface area contributed by atoms with Gasteiger partial charge in [-0.2, -0.15) is 0 Å². The number of rotatable bonds is 3. The van der Waals surface area contributed by atoms with Gasteiger partial charge in [-0.05, 0) is 73.7 Å². The minimum atomic E-state index is 0.445. The van der Waals surface area contributed by atoms with Crippen LogP contribution < -0.4 is 5.73 Å². The van der Waals surface area contributed by atoms with Crippen LogP contribution in [0.2, 0.25) is 0 Å². The summed E-state index contributed by atoms with van der Waals surface area (Å²) in [7, 11) is 0. The van der Waals surface area contributed by atoms with Crippen LogP contribution in [0.15, 0.2) is 48.7 Å². The van der Waals surface area contributed by atoms with E-state index >= 15 is 0 Å². The maximum atomic E-state index is 6.23. The van der Waals surface area contributed by atoms with Crippen molar-refractivity contribution in [3.8, 4) is 27.8 Å². The van der Waals surface area contributed by atoms with E-state index < -0.39 is 0 Å². The van der Waals surface area contributed by atoms with E-state index in [-0.39, 0.29) is 0 Å². The minimum Gasteiger partial charge on any atom is -0.383 e. The first-order chi connectivity index (χ1) is 15.2. The van der Waals surface area contributed by atoms with E-state index in [1.165, 1.54) is 28.9 Å². The smallest absolute Gasteiger partial charge is 0.166 e. The zero-order valence-electron chi connectivity index (χ0n) is 16.9. The monoisotopic (exact) mass is 425 g/mol. The number of nitrogens with zero attached hydrogens (tertiary/aromatic N) is 6. The van der Waals surface area contributed by atoms with Crippen LogP contribution in [0.25, 0.3) is 38.9 Å². The highest BCUT2D eigenvalue weighted by molar-refractivity contribution is 7.14. The van der Waals surface area contributed by atoms with E-state index in [1.807, 2.05) is 31.2 Å². The van der Waals surface area contributed by atoms with Crippen molar-refractivity contribution in [3.05, 3.63) is 64.8 Å². The van der Waals surface area contributed by atoms with Crippen molar-refractivity contribution in [2.45, 2.75) is 26.2 Å². The van der Waals surface area contributed by atoms with Gasteiger partial charge >= 0.3 is 0 Å². The number of pyridine rings is 2. The molecule has 2 N–H and O–H groups in total. The van der Waals surface area contributed by atoms with Gasteiger partial charge in [0.15, 0.2) is 16.5 Å². The molecular formula is C23H19N7S. The van der Waals surface area contributed by atoms with Gasteiger partial charge in [0.25, 0.3) is 0 Å². The molecule has 0 amide bonds. The van der Waals surface area contributed by atoms with Gasteiger partial charge in [0.2, 0.25) is 0 Å². The molecule has 1 aliphatic rings. The molecule has 5 aromatic rings. The quantitative estimate of drug-likeness (QED) is 0.461. The van der Waals surface area contributed by atoms with Gasteiger partial charge in [-0.3, -0.25) is 4.57 Å². The van der Waals surface area contributed by atoms with Gasteiger partial charge < -0.3 is 5.73 Å². The van der Waals surface area contributed by atoms with Crippen molar-refractivity contribution in [1.82, 2.24) is 29.7 Å². The summed E-state index contributed by atoms with van der Waals surface area (Å²) in [5.41, 5.74) is 13.2. The fourth-order valence-corrected chi connectivity index (χ4v) is 4.87. The molecule has 0 saturated carbocycles. The van der Waals surface area contributed by atoms with E-state index in [9.17, 15) is 0 Å². The van der Waals surface area contributed by atoms with Gasteiger partial charge in [0.05, 0.1) is 5.56 Å². The number of anilines is 1. The maximum Gasteiger partial charge on any atom is 0.166 e. The number of nitrogens with two attached hydrogens (primary N) is 1. The lowest BCUT2D eigenvalue weighted by atomic mass is 10.1. The second-order valence-corrected chi connectivity index (χ2v) is 8.86. The molecule has 152 valence electrons. The number of imidazole rings is 1.